The minimum absolute atomic E-state index is 0.753. The number of methoxy groups -OCH3 is 2. The smallest absolute Gasteiger partial charge is 0.122 e. The summed E-state index contributed by atoms with van der Waals surface area (Å²) in [6.45, 7) is 1.10. The second-order valence-electron chi connectivity index (χ2n) is 5.61. The van der Waals surface area contributed by atoms with Gasteiger partial charge in [-0.2, -0.15) is 0 Å². The van der Waals surface area contributed by atoms with E-state index in [1.54, 1.807) is 14.2 Å². The van der Waals surface area contributed by atoms with Gasteiger partial charge in [0.25, 0.3) is 0 Å². The monoisotopic (exact) mass is 277 g/mol. The van der Waals surface area contributed by atoms with Crippen molar-refractivity contribution in [2.24, 2.45) is 0 Å². The molecule has 1 aromatic carbocycles. The minimum Gasteiger partial charge on any atom is -0.497 e. The molecule has 3 nitrogen and oxygen atoms in total. The lowest BCUT2D eigenvalue weighted by molar-refractivity contribution is 0.372. The summed E-state index contributed by atoms with van der Waals surface area (Å²) in [6, 6.07) is 6.87. The molecule has 0 radical (unpaired) electrons. The maximum absolute atomic E-state index is 5.30. The van der Waals surface area contributed by atoms with Crippen LogP contribution < -0.4 is 14.8 Å². The molecule has 0 atom stereocenters. The largest absolute Gasteiger partial charge is 0.497 e. The van der Waals surface area contributed by atoms with E-state index in [9.17, 15) is 0 Å². The zero-order valence-corrected chi connectivity index (χ0v) is 12.8. The van der Waals surface area contributed by atoms with Crippen LogP contribution in [0.1, 0.15) is 44.1 Å². The second kappa shape index (κ2) is 8.15. The summed E-state index contributed by atoms with van der Waals surface area (Å²) in [5.41, 5.74) is 1.28. The van der Waals surface area contributed by atoms with E-state index < -0.39 is 0 Å². The zero-order chi connectivity index (χ0) is 14.2. The first-order chi connectivity index (χ1) is 9.81. The van der Waals surface area contributed by atoms with Crippen LogP contribution in [-0.2, 0) is 6.42 Å². The van der Waals surface area contributed by atoms with Crippen LogP contribution in [0.25, 0.3) is 0 Å². The van der Waals surface area contributed by atoms with Gasteiger partial charge in [0.2, 0.25) is 0 Å². The third kappa shape index (κ3) is 4.71. The molecule has 1 saturated carbocycles. The molecular formula is C17H27NO2. The van der Waals surface area contributed by atoms with Crippen LogP contribution in [0.3, 0.4) is 0 Å². The summed E-state index contributed by atoms with van der Waals surface area (Å²) in [5, 5.41) is 3.69. The first-order valence-corrected chi connectivity index (χ1v) is 7.77. The van der Waals surface area contributed by atoms with Gasteiger partial charge in [-0.3, -0.25) is 0 Å². The number of benzene rings is 1. The van der Waals surface area contributed by atoms with Crippen molar-refractivity contribution < 1.29 is 9.47 Å². The zero-order valence-electron chi connectivity index (χ0n) is 12.8. The maximum atomic E-state index is 5.30. The van der Waals surface area contributed by atoms with Gasteiger partial charge in [-0.1, -0.05) is 19.3 Å². The van der Waals surface area contributed by atoms with Gasteiger partial charge < -0.3 is 14.8 Å². The molecule has 112 valence electrons. The maximum Gasteiger partial charge on any atom is 0.122 e. The predicted octanol–water partition coefficient (Wildman–Crippen LogP) is 3.56. The highest BCUT2D eigenvalue weighted by atomic mass is 16.5. The van der Waals surface area contributed by atoms with Crippen LogP contribution in [0.4, 0.5) is 0 Å². The van der Waals surface area contributed by atoms with Crippen LogP contribution in [0, 0.1) is 0 Å². The Morgan fingerprint density at radius 2 is 1.65 bits per heavy atom. The van der Waals surface area contributed by atoms with Crippen molar-refractivity contribution in [1.82, 2.24) is 5.32 Å². The van der Waals surface area contributed by atoms with E-state index in [0.717, 1.165) is 36.9 Å². The van der Waals surface area contributed by atoms with Gasteiger partial charge in [0, 0.05) is 12.1 Å². The highest BCUT2D eigenvalue weighted by Gasteiger charge is 2.11. The van der Waals surface area contributed by atoms with Crippen LogP contribution in [0.15, 0.2) is 18.2 Å². The molecule has 0 bridgehead atoms. The summed E-state index contributed by atoms with van der Waals surface area (Å²) in [5.74, 6) is 1.75. The number of ether oxygens (including phenoxy) is 2. The molecule has 3 heteroatoms. The standard InChI is InChI=1S/C17H27NO2/c1-19-16-11-14(12-17(13-16)20-2)7-6-10-18-15-8-4-3-5-9-15/h11-13,15,18H,3-10H2,1-2H3. The van der Waals surface area contributed by atoms with Gasteiger partial charge in [0.1, 0.15) is 11.5 Å². The molecule has 0 aliphatic heterocycles. The number of rotatable bonds is 7. The summed E-state index contributed by atoms with van der Waals surface area (Å²) in [4.78, 5) is 0. The van der Waals surface area contributed by atoms with Gasteiger partial charge in [-0.15, -0.1) is 0 Å². The number of hydrogen-bond donors (Lipinski definition) is 1. The number of aryl methyl sites for hydroxylation is 1. The van der Waals surface area contributed by atoms with E-state index in [1.807, 2.05) is 6.07 Å². The lowest BCUT2D eigenvalue weighted by Crippen LogP contribution is -2.31. The van der Waals surface area contributed by atoms with Gasteiger partial charge in [-0.25, -0.2) is 0 Å². The SMILES string of the molecule is COc1cc(CCCNC2CCCCC2)cc(OC)c1. The highest BCUT2D eigenvalue weighted by Crippen LogP contribution is 2.23. The van der Waals surface area contributed by atoms with Crippen molar-refractivity contribution in [2.45, 2.75) is 51.0 Å². The Bertz CT molecular complexity index is 378. The lowest BCUT2D eigenvalue weighted by Gasteiger charge is -2.22. The summed E-state index contributed by atoms with van der Waals surface area (Å²) < 4.78 is 10.6. The van der Waals surface area contributed by atoms with Gasteiger partial charge in [0.05, 0.1) is 14.2 Å². The molecule has 0 aromatic heterocycles. The first kappa shape index (κ1) is 15.2. The molecule has 1 aliphatic carbocycles. The van der Waals surface area contributed by atoms with Crippen LogP contribution in [0.2, 0.25) is 0 Å². The summed E-state index contributed by atoms with van der Waals surface area (Å²) in [6.07, 6.45) is 9.14. The van der Waals surface area contributed by atoms with Crippen LogP contribution in [-0.4, -0.2) is 26.8 Å². The molecule has 1 aromatic rings. The van der Waals surface area contributed by atoms with Crippen LogP contribution in [0.5, 0.6) is 11.5 Å². The average Bonchev–Trinajstić information content (AvgIpc) is 2.52. The van der Waals surface area contributed by atoms with E-state index in [4.69, 9.17) is 9.47 Å². The Labute approximate surface area is 122 Å². The quantitative estimate of drug-likeness (QED) is 0.773. The molecule has 1 aliphatic rings. The van der Waals surface area contributed by atoms with E-state index >= 15 is 0 Å². The normalized spacial score (nSPS) is 16.1. The number of nitrogens with one attached hydrogen (secondary N) is 1. The molecule has 0 unspecified atom stereocenters. The molecule has 0 heterocycles. The highest BCUT2D eigenvalue weighted by molar-refractivity contribution is 5.38. The number of hydrogen-bond acceptors (Lipinski definition) is 3. The Hall–Kier alpha value is -1.22. The van der Waals surface area contributed by atoms with E-state index in [2.05, 4.69) is 17.4 Å². The lowest BCUT2D eigenvalue weighted by atomic mass is 9.95. The van der Waals surface area contributed by atoms with Crippen LogP contribution >= 0.6 is 0 Å². The van der Waals surface area contributed by atoms with Crippen molar-refractivity contribution in [1.29, 1.82) is 0 Å². The van der Waals surface area contributed by atoms with Gasteiger partial charge in [0.15, 0.2) is 0 Å². The average molecular weight is 277 g/mol. The fraction of sp³-hybridized carbons (Fsp3) is 0.647. The van der Waals surface area contributed by atoms with Crippen molar-refractivity contribution in [3.8, 4) is 11.5 Å². The molecule has 0 saturated heterocycles. The molecule has 1 fully saturated rings. The van der Waals surface area contributed by atoms with Gasteiger partial charge in [-0.05, 0) is 49.9 Å². The first-order valence-electron chi connectivity index (χ1n) is 7.77. The summed E-state index contributed by atoms with van der Waals surface area (Å²) >= 11 is 0. The fourth-order valence-electron chi connectivity index (χ4n) is 2.92. The third-order valence-electron chi connectivity index (χ3n) is 4.09. The van der Waals surface area contributed by atoms with Crippen molar-refractivity contribution in [3.05, 3.63) is 23.8 Å². The molecule has 2 rings (SSSR count). The van der Waals surface area contributed by atoms with E-state index in [1.165, 1.54) is 37.7 Å². The second-order valence-corrected chi connectivity index (χ2v) is 5.61. The van der Waals surface area contributed by atoms with E-state index in [-0.39, 0.29) is 0 Å². The van der Waals surface area contributed by atoms with Crippen molar-refractivity contribution >= 4 is 0 Å². The Kier molecular flexibility index (Phi) is 6.19. The molecule has 20 heavy (non-hydrogen) atoms. The van der Waals surface area contributed by atoms with Crippen molar-refractivity contribution in [2.75, 3.05) is 20.8 Å². The summed E-state index contributed by atoms with van der Waals surface area (Å²) in [7, 11) is 3.40. The predicted molar refractivity (Wildman–Crippen MR) is 82.7 cm³/mol. The van der Waals surface area contributed by atoms with Gasteiger partial charge >= 0.3 is 0 Å². The Balaban J connectivity index is 1.75. The molecular weight excluding hydrogens is 250 g/mol. The molecule has 0 amide bonds. The third-order valence-corrected chi connectivity index (χ3v) is 4.09. The minimum atomic E-state index is 0.753. The Morgan fingerprint density at radius 3 is 2.25 bits per heavy atom. The Morgan fingerprint density at radius 1 is 1.00 bits per heavy atom. The van der Waals surface area contributed by atoms with Crippen molar-refractivity contribution in [3.63, 3.8) is 0 Å². The fourth-order valence-corrected chi connectivity index (χ4v) is 2.92. The molecule has 0 spiro atoms. The molecule has 1 N–H and O–H groups in total. The van der Waals surface area contributed by atoms with E-state index in [0.29, 0.717) is 0 Å². The topological polar surface area (TPSA) is 30.5 Å².